The highest BCUT2D eigenvalue weighted by Crippen LogP contribution is 2.64. The molecule has 1 aromatic rings. The van der Waals surface area contributed by atoms with Gasteiger partial charge >= 0.3 is 0 Å². The number of sulfonamides is 1. The van der Waals surface area contributed by atoms with E-state index in [2.05, 4.69) is 69.0 Å². The molecule has 0 amide bonds. The van der Waals surface area contributed by atoms with E-state index in [1.807, 2.05) is 0 Å². The number of benzene rings is 1. The van der Waals surface area contributed by atoms with Gasteiger partial charge in [0.2, 0.25) is 0 Å². The Morgan fingerprint density at radius 3 is 2.48 bits per heavy atom. The van der Waals surface area contributed by atoms with Gasteiger partial charge in [0.15, 0.2) is 0 Å². The number of hydrogen-bond donors (Lipinski definition) is 2. The zero-order valence-electron chi connectivity index (χ0n) is 13.3. The summed E-state index contributed by atoms with van der Waals surface area (Å²) in [5.41, 5.74) is 4.09. The summed E-state index contributed by atoms with van der Waals surface area (Å²) in [6, 6.07) is 5.08. The van der Waals surface area contributed by atoms with Crippen LogP contribution in [-0.2, 0) is 10.0 Å². The Morgan fingerprint density at radius 2 is 1.91 bits per heavy atom. The van der Waals surface area contributed by atoms with Gasteiger partial charge in [-0.2, -0.15) is 0 Å². The molecular weight excluding hydrogens is 444 g/mol. The second kappa shape index (κ2) is 5.58. The summed E-state index contributed by atoms with van der Waals surface area (Å²) in [4.78, 5) is 2.74. The summed E-state index contributed by atoms with van der Waals surface area (Å²) in [5.74, 6) is 0.497. The van der Waals surface area contributed by atoms with Crippen molar-refractivity contribution in [2.45, 2.75) is 38.5 Å². The van der Waals surface area contributed by atoms with Crippen molar-refractivity contribution in [1.82, 2.24) is 10.3 Å². The molecule has 3 rings (SSSR count). The molecule has 0 heterocycles. The first kappa shape index (κ1) is 17.5. The maximum absolute atomic E-state index is 12.6. The van der Waals surface area contributed by atoms with Crippen LogP contribution in [-0.4, -0.2) is 8.42 Å². The lowest BCUT2D eigenvalue weighted by Gasteiger charge is -2.37. The van der Waals surface area contributed by atoms with Crippen molar-refractivity contribution in [3.05, 3.63) is 38.9 Å². The normalized spacial score (nSPS) is 28.7. The van der Waals surface area contributed by atoms with Gasteiger partial charge in [-0.25, -0.2) is 8.42 Å². The lowest BCUT2D eigenvalue weighted by atomic mass is 9.69. The minimum absolute atomic E-state index is 0.0192. The van der Waals surface area contributed by atoms with Gasteiger partial charge in [-0.15, -0.1) is 4.83 Å². The second-order valence-corrected chi connectivity index (χ2v) is 10.5. The van der Waals surface area contributed by atoms with Gasteiger partial charge in [0.25, 0.3) is 10.0 Å². The smallest absolute Gasteiger partial charge is 0.258 e. The molecular formula is C16H20Br2N2O2S. The quantitative estimate of drug-likeness (QED) is 0.653. The van der Waals surface area contributed by atoms with Crippen molar-refractivity contribution < 1.29 is 8.42 Å². The van der Waals surface area contributed by atoms with Crippen LogP contribution in [0.15, 0.2) is 43.8 Å². The number of fused-ring (bicyclic) bond motifs is 2. The van der Waals surface area contributed by atoms with Gasteiger partial charge in [0, 0.05) is 20.1 Å². The van der Waals surface area contributed by atoms with E-state index in [1.54, 1.807) is 18.2 Å². The fourth-order valence-electron chi connectivity index (χ4n) is 3.73. The van der Waals surface area contributed by atoms with Crippen molar-refractivity contribution in [3.8, 4) is 0 Å². The van der Waals surface area contributed by atoms with Crippen LogP contribution < -0.4 is 10.3 Å². The third kappa shape index (κ3) is 2.69. The van der Waals surface area contributed by atoms with Crippen LogP contribution in [0.1, 0.15) is 33.6 Å². The molecule has 4 nitrogen and oxygen atoms in total. The van der Waals surface area contributed by atoms with E-state index in [0.717, 1.165) is 12.1 Å². The third-order valence-electron chi connectivity index (χ3n) is 5.77. The Labute approximate surface area is 154 Å². The molecule has 2 atom stereocenters. The van der Waals surface area contributed by atoms with Crippen LogP contribution in [0.4, 0.5) is 0 Å². The molecule has 1 fully saturated rings. The molecule has 0 radical (unpaired) electrons. The third-order valence-corrected chi connectivity index (χ3v) is 8.50. The summed E-state index contributed by atoms with van der Waals surface area (Å²) in [6.45, 7) is 6.73. The van der Waals surface area contributed by atoms with E-state index >= 15 is 0 Å². The predicted molar refractivity (Wildman–Crippen MR) is 98.0 cm³/mol. The highest BCUT2D eigenvalue weighted by Gasteiger charge is 2.57. The molecule has 0 aromatic heterocycles. The molecule has 2 N–H and O–H groups in total. The minimum atomic E-state index is -3.66. The van der Waals surface area contributed by atoms with Crippen LogP contribution in [0, 0.1) is 16.7 Å². The maximum atomic E-state index is 12.6. The van der Waals surface area contributed by atoms with Gasteiger partial charge in [0.1, 0.15) is 0 Å². The fraction of sp³-hybridized carbons (Fsp3) is 0.500. The molecule has 1 aromatic carbocycles. The number of hydrazine groups is 1. The fourth-order valence-corrected chi connectivity index (χ4v) is 6.09. The molecule has 2 bridgehead atoms. The Balaban J connectivity index is 1.82. The summed E-state index contributed by atoms with van der Waals surface area (Å²) >= 11 is 6.61. The number of hydrogen-bond acceptors (Lipinski definition) is 3. The molecule has 126 valence electrons. The van der Waals surface area contributed by atoms with E-state index in [-0.39, 0.29) is 15.7 Å². The Hall–Kier alpha value is -0.370. The largest absolute Gasteiger partial charge is 0.312 e. The van der Waals surface area contributed by atoms with Crippen molar-refractivity contribution in [2.75, 3.05) is 0 Å². The highest BCUT2D eigenvalue weighted by atomic mass is 79.9. The molecule has 2 aliphatic carbocycles. The van der Waals surface area contributed by atoms with Gasteiger partial charge in [-0.3, -0.25) is 0 Å². The molecule has 0 spiro atoms. The van der Waals surface area contributed by atoms with Crippen LogP contribution in [0.3, 0.4) is 0 Å². The first-order valence-electron chi connectivity index (χ1n) is 7.53. The van der Waals surface area contributed by atoms with Gasteiger partial charge in [-0.05, 0) is 58.3 Å². The summed E-state index contributed by atoms with van der Waals surface area (Å²) in [7, 11) is -3.66. The molecule has 0 saturated heterocycles. The van der Waals surface area contributed by atoms with E-state index in [0.29, 0.717) is 14.9 Å². The van der Waals surface area contributed by atoms with Gasteiger partial charge in [0.05, 0.1) is 4.90 Å². The summed E-state index contributed by atoms with van der Waals surface area (Å²) < 4.78 is 26.4. The zero-order valence-corrected chi connectivity index (χ0v) is 17.3. The number of halogens is 2. The van der Waals surface area contributed by atoms with Crippen LogP contribution in [0.25, 0.3) is 0 Å². The topological polar surface area (TPSA) is 58.2 Å². The van der Waals surface area contributed by atoms with Crippen molar-refractivity contribution in [3.63, 3.8) is 0 Å². The zero-order chi connectivity index (χ0) is 17.0. The van der Waals surface area contributed by atoms with Gasteiger partial charge < -0.3 is 5.43 Å². The lowest BCUT2D eigenvalue weighted by molar-refractivity contribution is 0.163. The SMILES string of the molecule is CC1(C)[C@H]2C=C(NNS(=O)(=O)c3cc(Br)ccc3Br)[C@@]1(C)CC2. The summed E-state index contributed by atoms with van der Waals surface area (Å²) in [6.07, 6.45) is 4.42. The van der Waals surface area contributed by atoms with Crippen molar-refractivity contribution in [1.29, 1.82) is 0 Å². The predicted octanol–water partition coefficient (Wildman–Crippen LogP) is 4.33. The minimum Gasteiger partial charge on any atom is -0.312 e. The van der Waals surface area contributed by atoms with Crippen molar-refractivity contribution in [2.24, 2.45) is 16.7 Å². The Morgan fingerprint density at radius 1 is 1.22 bits per heavy atom. The van der Waals surface area contributed by atoms with Crippen LogP contribution in [0.2, 0.25) is 0 Å². The van der Waals surface area contributed by atoms with Crippen LogP contribution >= 0.6 is 31.9 Å². The molecule has 2 aliphatic rings. The van der Waals surface area contributed by atoms with Crippen molar-refractivity contribution >= 4 is 41.9 Å². The first-order valence-corrected chi connectivity index (χ1v) is 10.6. The first-order chi connectivity index (χ1) is 10.6. The number of nitrogens with one attached hydrogen (secondary N) is 2. The highest BCUT2D eigenvalue weighted by molar-refractivity contribution is 9.11. The number of rotatable bonds is 4. The molecule has 0 aliphatic heterocycles. The maximum Gasteiger partial charge on any atom is 0.258 e. The molecule has 0 unspecified atom stereocenters. The Kier molecular flexibility index (Phi) is 4.23. The Bertz CT molecular complexity index is 789. The average molecular weight is 464 g/mol. The number of allylic oxidation sites excluding steroid dienone is 2. The van der Waals surface area contributed by atoms with Gasteiger partial charge in [-0.1, -0.05) is 42.8 Å². The molecule has 7 heteroatoms. The van der Waals surface area contributed by atoms with E-state index in [4.69, 9.17) is 0 Å². The van der Waals surface area contributed by atoms with Crippen LogP contribution in [0.5, 0.6) is 0 Å². The average Bonchev–Trinajstić information content (AvgIpc) is 2.80. The van der Waals surface area contributed by atoms with E-state index in [9.17, 15) is 8.42 Å². The standard InChI is InChI=1S/C16H20Br2N2O2S/c1-15(2)10-6-7-16(15,3)14(8-10)19-20-23(21,22)13-9-11(17)4-5-12(13)18/h4-5,8-10,19-20H,6-7H2,1-3H3/t10-,16-/m1/s1. The van der Waals surface area contributed by atoms with E-state index < -0.39 is 10.0 Å². The monoisotopic (exact) mass is 462 g/mol. The lowest BCUT2D eigenvalue weighted by Crippen LogP contribution is -2.43. The summed E-state index contributed by atoms with van der Waals surface area (Å²) in [5, 5.41) is 0. The molecule has 1 saturated carbocycles. The van der Waals surface area contributed by atoms with E-state index in [1.165, 1.54) is 6.42 Å². The molecule has 23 heavy (non-hydrogen) atoms. The second-order valence-electron chi connectivity index (χ2n) is 7.08.